The zero-order valence-corrected chi connectivity index (χ0v) is 18.6. The third kappa shape index (κ3) is 8.45. The van der Waals surface area contributed by atoms with Gasteiger partial charge >= 0.3 is 18.2 Å². The Hall–Kier alpha value is -4.09. The van der Waals surface area contributed by atoms with E-state index >= 15 is 0 Å². The van der Waals surface area contributed by atoms with Gasteiger partial charge in [0.1, 0.15) is 17.9 Å². The number of alkyl halides is 3. The van der Waals surface area contributed by atoms with E-state index in [2.05, 4.69) is 43.5 Å². The highest BCUT2D eigenvalue weighted by Crippen LogP contribution is 2.27. The van der Waals surface area contributed by atoms with E-state index in [0.717, 1.165) is 0 Å². The van der Waals surface area contributed by atoms with Gasteiger partial charge in [-0.05, 0) is 24.6 Å². The Morgan fingerprint density at radius 1 is 1.18 bits per heavy atom. The number of anilines is 3. The van der Waals surface area contributed by atoms with Crippen LogP contribution in [0.5, 0.6) is 11.8 Å². The van der Waals surface area contributed by atoms with Crippen LogP contribution in [0.2, 0.25) is 0 Å². The van der Waals surface area contributed by atoms with Crippen LogP contribution in [0.15, 0.2) is 55.2 Å². The summed E-state index contributed by atoms with van der Waals surface area (Å²) in [4.78, 5) is 23.9. The number of halogens is 3. The van der Waals surface area contributed by atoms with Gasteiger partial charge in [-0.2, -0.15) is 28.1 Å². The molecule has 0 atom stereocenters. The second-order valence-electron chi connectivity index (χ2n) is 6.61. The molecule has 2 N–H and O–H groups in total. The van der Waals surface area contributed by atoms with Gasteiger partial charge in [0.15, 0.2) is 6.61 Å². The number of rotatable bonds is 12. The molecule has 1 heterocycles. The molecule has 12 heteroatoms. The Labute approximate surface area is 194 Å². The first-order chi connectivity index (χ1) is 16.1. The summed E-state index contributed by atoms with van der Waals surface area (Å²) in [6, 6.07) is 3.92. The molecule has 0 saturated carbocycles. The minimum absolute atomic E-state index is 0.0327. The maximum Gasteiger partial charge on any atom is 0.422 e. The van der Waals surface area contributed by atoms with Gasteiger partial charge in [0.2, 0.25) is 11.9 Å². The maximum absolute atomic E-state index is 12.6. The molecular weight excluding hydrogens is 455 g/mol. The van der Waals surface area contributed by atoms with E-state index in [-0.39, 0.29) is 36.4 Å². The molecule has 2 rings (SSSR count). The summed E-state index contributed by atoms with van der Waals surface area (Å²) in [5, 5.41) is 5.69. The minimum Gasteiger partial charge on any atom is -0.489 e. The quantitative estimate of drug-likeness (QED) is 0.259. The van der Waals surface area contributed by atoms with E-state index in [1.807, 2.05) is 6.92 Å². The predicted molar refractivity (Wildman–Crippen MR) is 121 cm³/mol. The lowest BCUT2D eigenvalue weighted by Gasteiger charge is -2.14. The van der Waals surface area contributed by atoms with Crippen LogP contribution in [0.25, 0.3) is 0 Å². The van der Waals surface area contributed by atoms with Crippen molar-refractivity contribution in [3.05, 3.63) is 60.7 Å². The van der Waals surface area contributed by atoms with Crippen LogP contribution < -0.4 is 20.1 Å². The second kappa shape index (κ2) is 12.2. The lowest BCUT2D eigenvalue weighted by atomic mass is 10.2. The summed E-state index contributed by atoms with van der Waals surface area (Å²) < 4.78 is 52.7. The molecule has 0 spiro atoms. The molecule has 0 saturated heterocycles. The normalized spacial score (nSPS) is 11.1. The number of aromatic nitrogens is 3. The first kappa shape index (κ1) is 26.2. The second-order valence-corrected chi connectivity index (χ2v) is 6.61. The van der Waals surface area contributed by atoms with Gasteiger partial charge in [0, 0.05) is 18.3 Å². The maximum atomic E-state index is 12.6. The largest absolute Gasteiger partial charge is 0.489 e. The number of carbonyl (C=O) groups excluding carboxylic acids is 1. The van der Waals surface area contributed by atoms with E-state index in [1.165, 1.54) is 31.4 Å². The first-order valence-corrected chi connectivity index (χ1v) is 9.88. The van der Waals surface area contributed by atoms with Gasteiger partial charge < -0.3 is 24.8 Å². The van der Waals surface area contributed by atoms with E-state index in [9.17, 15) is 18.0 Å². The smallest absolute Gasteiger partial charge is 0.422 e. The Morgan fingerprint density at radius 3 is 2.56 bits per heavy atom. The molecule has 182 valence electrons. The predicted octanol–water partition coefficient (Wildman–Crippen LogP) is 4.45. The third-order valence-corrected chi connectivity index (χ3v) is 3.86. The first-order valence-electron chi connectivity index (χ1n) is 9.88. The van der Waals surface area contributed by atoms with Crippen molar-refractivity contribution in [3.63, 3.8) is 0 Å². The summed E-state index contributed by atoms with van der Waals surface area (Å²) >= 11 is 0. The zero-order chi connectivity index (χ0) is 25.1. The van der Waals surface area contributed by atoms with E-state index in [0.29, 0.717) is 11.3 Å². The fraction of sp³-hybridized carbons (Fsp3) is 0.273. The standard InChI is InChI=1S/C22H24F3N5O4/c1-5-7-14(3)12-26-19-28-20(30-21(29-19)34-13-22(23,24)25)27-15-8-9-16(18(31)32-4)17(11-15)33-10-6-2/h5-9,11H,2-3,10,12-13H2,1,4H3,(H2,26,27,28,29,30). The van der Waals surface area contributed by atoms with Crippen LogP contribution >= 0.6 is 0 Å². The number of methoxy groups -OCH3 is 1. The molecule has 34 heavy (non-hydrogen) atoms. The molecule has 0 aliphatic rings. The van der Waals surface area contributed by atoms with E-state index in [1.54, 1.807) is 12.2 Å². The van der Waals surface area contributed by atoms with Gasteiger partial charge in [0.05, 0.1) is 7.11 Å². The number of allylic oxidation sites excluding steroid dienone is 1. The average Bonchev–Trinajstić information content (AvgIpc) is 2.79. The Morgan fingerprint density at radius 2 is 1.91 bits per heavy atom. The van der Waals surface area contributed by atoms with Crippen LogP contribution in [0.3, 0.4) is 0 Å². The number of hydrogen-bond acceptors (Lipinski definition) is 9. The molecule has 0 amide bonds. The summed E-state index contributed by atoms with van der Waals surface area (Å²) in [5.74, 6) is -0.553. The Bertz CT molecular complexity index is 1060. The van der Waals surface area contributed by atoms with E-state index < -0.39 is 24.8 Å². The molecular formula is C22H24F3N5O4. The number of nitrogens with zero attached hydrogens (tertiary/aromatic N) is 3. The number of benzene rings is 1. The van der Waals surface area contributed by atoms with E-state index in [4.69, 9.17) is 9.47 Å². The van der Waals surface area contributed by atoms with Gasteiger partial charge in [0.25, 0.3) is 0 Å². The average molecular weight is 479 g/mol. The monoisotopic (exact) mass is 479 g/mol. The molecule has 1 aromatic carbocycles. The van der Waals surface area contributed by atoms with Crippen molar-refractivity contribution < 1.29 is 32.2 Å². The number of nitrogens with one attached hydrogen (secondary N) is 2. The van der Waals surface area contributed by atoms with Crippen molar-refractivity contribution in [3.8, 4) is 11.8 Å². The van der Waals surface area contributed by atoms with Gasteiger partial charge in [-0.25, -0.2) is 4.79 Å². The van der Waals surface area contributed by atoms with Crippen molar-refractivity contribution in [2.45, 2.75) is 13.1 Å². The third-order valence-electron chi connectivity index (χ3n) is 3.86. The molecule has 9 nitrogen and oxygen atoms in total. The van der Waals surface area contributed by atoms with Gasteiger partial charge in [-0.1, -0.05) is 31.4 Å². The summed E-state index contributed by atoms with van der Waals surface area (Å²) in [6.07, 6.45) is 0.459. The Kier molecular flexibility index (Phi) is 9.41. The van der Waals surface area contributed by atoms with Crippen molar-refractivity contribution in [2.75, 3.05) is 37.5 Å². The number of esters is 1. The summed E-state index contributed by atoms with van der Waals surface area (Å²) in [6.45, 7) is 7.99. The molecule has 0 bridgehead atoms. The van der Waals surface area contributed by atoms with Crippen LogP contribution in [0.4, 0.5) is 30.8 Å². The van der Waals surface area contributed by atoms with Gasteiger partial charge in [-0.15, -0.1) is 0 Å². The molecule has 0 unspecified atom stereocenters. The fourth-order valence-electron chi connectivity index (χ4n) is 2.47. The van der Waals surface area contributed by atoms with Crippen molar-refractivity contribution in [2.24, 2.45) is 0 Å². The van der Waals surface area contributed by atoms with Crippen LogP contribution in [-0.4, -0.2) is 54.0 Å². The van der Waals surface area contributed by atoms with Crippen molar-refractivity contribution in [1.29, 1.82) is 0 Å². The topological polar surface area (TPSA) is 107 Å². The highest BCUT2D eigenvalue weighted by molar-refractivity contribution is 5.93. The van der Waals surface area contributed by atoms with Crippen LogP contribution in [0, 0.1) is 0 Å². The lowest BCUT2D eigenvalue weighted by Crippen LogP contribution is -2.21. The summed E-state index contributed by atoms with van der Waals surface area (Å²) in [5.41, 5.74) is 1.24. The molecule has 0 radical (unpaired) electrons. The molecule has 0 aliphatic heterocycles. The minimum atomic E-state index is -4.57. The lowest BCUT2D eigenvalue weighted by molar-refractivity contribution is -0.154. The van der Waals surface area contributed by atoms with Crippen LogP contribution in [-0.2, 0) is 4.74 Å². The summed E-state index contributed by atoms with van der Waals surface area (Å²) in [7, 11) is 1.23. The highest BCUT2D eigenvalue weighted by atomic mass is 19.4. The van der Waals surface area contributed by atoms with Gasteiger partial charge in [-0.3, -0.25) is 0 Å². The highest BCUT2D eigenvalue weighted by Gasteiger charge is 2.29. The number of hydrogen-bond donors (Lipinski definition) is 2. The molecule has 2 aromatic rings. The molecule has 0 fully saturated rings. The number of carbonyl (C=O) groups is 1. The van der Waals surface area contributed by atoms with Crippen molar-refractivity contribution >= 4 is 23.6 Å². The fourth-order valence-corrected chi connectivity index (χ4v) is 2.47. The van der Waals surface area contributed by atoms with Crippen LogP contribution in [0.1, 0.15) is 17.3 Å². The SMILES string of the molecule is C=CCOc1cc(Nc2nc(NCC(=C)C=CC)nc(OCC(F)(F)F)n2)ccc1C(=O)OC. The molecule has 0 aliphatic carbocycles. The Balaban J connectivity index is 2.34. The number of ether oxygens (including phenoxy) is 3. The zero-order valence-electron chi connectivity index (χ0n) is 18.6. The van der Waals surface area contributed by atoms with Crippen molar-refractivity contribution in [1.82, 2.24) is 15.0 Å². The molecule has 1 aromatic heterocycles.